The van der Waals surface area contributed by atoms with E-state index in [-0.39, 0.29) is 11.7 Å². The minimum Gasteiger partial charge on any atom is -0.469 e. The normalized spacial score (nSPS) is 12.2. The quantitative estimate of drug-likeness (QED) is 0.634. The molecule has 3 rings (SSSR count). The fourth-order valence-electron chi connectivity index (χ4n) is 2.83. The van der Waals surface area contributed by atoms with Crippen molar-refractivity contribution in [1.29, 1.82) is 0 Å². The average Bonchev–Trinajstić information content (AvgIpc) is 3.12. The molecule has 0 bridgehead atoms. The third-order valence-electron chi connectivity index (χ3n) is 4.11. The molecule has 0 saturated heterocycles. The van der Waals surface area contributed by atoms with E-state index >= 15 is 0 Å². The molecule has 124 valence electrons. The van der Waals surface area contributed by atoms with Gasteiger partial charge in [0.15, 0.2) is 0 Å². The molecule has 2 aromatic carbocycles. The summed E-state index contributed by atoms with van der Waals surface area (Å²) in [6.07, 6.45) is 2.61. The van der Waals surface area contributed by atoms with Crippen LogP contribution in [0.4, 0.5) is 4.39 Å². The van der Waals surface area contributed by atoms with Gasteiger partial charge >= 0.3 is 0 Å². The molecule has 0 aliphatic carbocycles. The highest BCUT2D eigenvalue weighted by Crippen LogP contribution is 2.27. The van der Waals surface area contributed by atoms with E-state index in [4.69, 9.17) is 16.0 Å². The second-order valence-corrected chi connectivity index (χ2v) is 6.25. The number of halogens is 2. The van der Waals surface area contributed by atoms with Crippen LogP contribution in [0.1, 0.15) is 29.2 Å². The van der Waals surface area contributed by atoms with Gasteiger partial charge in [0.25, 0.3) is 0 Å². The monoisotopic (exact) mass is 344 g/mol. The van der Waals surface area contributed by atoms with Crippen molar-refractivity contribution in [2.75, 3.05) is 6.54 Å². The van der Waals surface area contributed by atoms with Crippen LogP contribution in [-0.4, -0.2) is 6.54 Å². The summed E-state index contributed by atoms with van der Waals surface area (Å²) in [6, 6.07) is 18.5. The van der Waals surface area contributed by atoms with E-state index in [1.807, 2.05) is 48.5 Å². The van der Waals surface area contributed by atoms with Crippen LogP contribution >= 0.6 is 11.6 Å². The molecule has 2 nitrogen and oxygen atoms in total. The lowest BCUT2D eigenvalue weighted by Gasteiger charge is -2.14. The Hall–Kier alpha value is -2.10. The van der Waals surface area contributed by atoms with Gasteiger partial charge in [0.1, 0.15) is 18.1 Å². The zero-order chi connectivity index (χ0) is 16.8. The van der Waals surface area contributed by atoms with Gasteiger partial charge in [-0.1, -0.05) is 35.9 Å². The highest BCUT2D eigenvalue weighted by Gasteiger charge is 2.17. The van der Waals surface area contributed by atoms with E-state index in [9.17, 15) is 4.39 Å². The first-order valence-electron chi connectivity index (χ1n) is 8.07. The summed E-state index contributed by atoms with van der Waals surface area (Å²) in [6.45, 7) is 1.86. The summed E-state index contributed by atoms with van der Waals surface area (Å²) in [5.74, 6) is 0.842. The van der Waals surface area contributed by atoms with Crippen molar-refractivity contribution in [2.24, 2.45) is 0 Å². The standard InChI is InChI=1S/C20H19ClFNO/c21-17-7-3-15(4-8-17)14-23-12-11-19(20-2-1-13-24-20)16-5-9-18(22)10-6-16/h1-10,13,19,23H,11-12,14H2/p+1/t19-/m0/s1. The predicted octanol–water partition coefficient (Wildman–Crippen LogP) is 4.36. The number of furan rings is 1. The Morgan fingerprint density at radius 3 is 2.42 bits per heavy atom. The number of benzene rings is 2. The van der Waals surface area contributed by atoms with Crippen molar-refractivity contribution >= 4 is 11.6 Å². The molecule has 0 spiro atoms. The Morgan fingerprint density at radius 2 is 1.75 bits per heavy atom. The lowest BCUT2D eigenvalue weighted by molar-refractivity contribution is -0.671. The van der Waals surface area contributed by atoms with Crippen molar-refractivity contribution in [3.8, 4) is 0 Å². The molecule has 0 radical (unpaired) electrons. The number of hydrogen-bond acceptors (Lipinski definition) is 1. The van der Waals surface area contributed by atoms with Crippen LogP contribution in [0.15, 0.2) is 71.3 Å². The number of quaternary nitrogens is 1. The third kappa shape index (κ3) is 4.47. The predicted molar refractivity (Wildman–Crippen MR) is 93.5 cm³/mol. The minimum atomic E-state index is -0.216. The molecule has 0 aliphatic heterocycles. The Morgan fingerprint density at radius 1 is 1.00 bits per heavy atom. The van der Waals surface area contributed by atoms with E-state index in [1.54, 1.807) is 6.26 Å². The molecule has 1 atom stereocenters. The molecule has 1 aromatic heterocycles. The van der Waals surface area contributed by atoms with Crippen LogP contribution in [0.3, 0.4) is 0 Å². The third-order valence-corrected chi connectivity index (χ3v) is 4.36. The van der Waals surface area contributed by atoms with Crippen LogP contribution in [0, 0.1) is 5.82 Å². The minimum absolute atomic E-state index is 0.141. The Labute approximate surface area is 146 Å². The molecule has 0 amide bonds. The maximum Gasteiger partial charge on any atom is 0.123 e. The molecule has 0 fully saturated rings. The second-order valence-electron chi connectivity index (χ2n) is 5.82. The molecule has 2 N–H and O–H groups in total. The van der Waals surface area contributed by atoms with Gasteiger partial charge in [-0.2, -0.15) is 0 Å². The second kappa shape index (κ2) is 8.13. The molecule has 1 heterocycles. The number of hydrogen-bond donors (Lipinski definition) is 1. The van der Waals surface area contributed by atoms with E-state index < -0.39 is 0 Å². The molecule has 0 saturated carbocycles. The van der Waals surface area contributed by atoms with E-state index in [2.05, 4.69) is 5.32 Å². The van der Waals surface area contributed by atoms with Crippen molar-refractivity contribution < 1.29 is 14.1 Å². The smallest absolute Gasteiger partial charge is 0.123 e. The molecule has 24 heavy (non-hydrogen) atoms. The van der Waals surface area contributed by atoms with E-state index in [0.29, 0.717) is 0 Å². The average molecular weight is 345 g/mol. The largest absolute Gasteiger partial charge is 0.469 e. The fourth-order valence-corrected chi connectivity index (χ4v) is 2.96. The summed E-state index contributed by atoms with van der Waals surface area (Å²) in [5, 5.41) is 3.02. The number of nitrogens with two attached hydrogens (primary N) is 1. The fraction of sp³-hybridized carbons (Fsp3) is 0.200. The molecular formula is C20H20ClFNO+. The molecule has 0 unspecified atom stereocenters. The molecular weight excluding hydrogens is 325 g/mol. The zero-order valence-electron chi connectivity index (χ0n) is 13.3. The lowest BCUT2D eigenvalue weighted by Crippen LogP contribution is -2.82. The number of rotatable bonds is 7. The summed E-state index contributed by atoms with van der Waals surface area (Å²) in [4.78, 5) is 0. The van der Waals surface area contributed by atoms with Gasteiger partial charge in [-0.25, -0.2) is 4.39 Å². The summed E-state index contributed by atoms with van der Waals surface area (Å²) in [7, 11) is 0. The maximum absolute atomic E-state index is 13.2. The van der Waals surface area contributed by atoms with Crippen molar-refractivity contribution in [3.05, 3.63) is 94.7 Å². The molecule has 3 aromatic rings. The van der Waals surface area contributed by atoms with Crippen LogP contribution in [-0.2, 0) is 6.54 Å². The SMILES string of the molecule is Fc1ccc([C@H](CC[NH2+]Cc2ccc(Cl)cc2)c2ccco2)cc1. The van der Waals surface area contributed by atoms with Crippen LogP contribution in [0.2, 0.25) is 5.02 Å². The van der Waals surface area contributed by atoms with Crippen LogP contribution < -0.4 is 5.32 Å². The Kier molecular flexibility index (Phi) is 5.68. The highest BCUT2D eigenvalue weighted by molar-refractivity contribution is 6.30. The van der Waals surface area contributed by atoms with E-state index in [1.165, 1.54) is 17.7 Å². The highest BCUT2D eigenvalue weighted by atomic mass is 35.5. The van der Waals surface area contributed by atoms with Gasteiger partial charge in [0.05, 0.1) is 12.8 Å². The van der Waals surface area contributed by atoms with Gasteiger partial charge in [-0.3, -0.25) is 0 Å². The summed E-state index contributed by atoms with van der Waals surface area (Å²) >= 11 is 5.90. The van der Waals surface area contributed by atoms with Crippen molar-refractivity contribution in [3.63, 3.8) is 0 Å². The van der Waals surface area contributed by atoms with Crippen molar-refractivity contribution in [1.82, 2.24) is 0 Å². The topological polar surface area (TPSA) is 29.8 Å². The Bertz CT molecular complexity index is 738. The van der Waals surface area contributed by atoms with Gasteiger partial charge in [0, 0.05) is 22.9 Å². The van der Waals surface area contributed by atoms with Gasteiger partial charge in [-0.15, -0.1) is 0 Å². The van der Waals surface area contributed by atoms with Crippen molar-refractivity contribution in [2.45, 2.75) is 18.9 Å². The Balaban J connectivity index is 1.60. The first-order chi connectivity index (χ1) is 11.7. The zero-order valence-corrected chi connectivity index (χ0v) is 14.0. The first kappa shape index (κ1) is 16.7. The van der Waals surface area contributed by atoms with Gasteiger partial charge in [0.2, 0.25) is 0 Å². The first-order valence-corrected chi connectivity index (χ1v) is 8.45. The van der Waals surface area contributed by atoms with Gasteiger partial charge in [-0.05, 0) is 42.0 Å². The molecule has 4 heteroatoms. The maximum atomic E-state index is 13.2. The van der Waals surface area contributed by atoms with Gasteiger partial charge < -0.3 is 9.73 Å². The van der Waals surface area contributed by atoms with Crippen LogP contribution in [0.5, 0.6) is 0 Å². The molecule has 0 aliphatic rings. The lowest BCUT2D eigenvalue weighted by atomic mass is 9.93. The summed E-state index contributed by atoms with van der Waals surface area (Å²) < 4.78 is 18.8. The summed E-state index contributed by atoms with van der Waals surface area (Å²) in [5.41, 5.74) is 2.32. The van der Waals surface area contributed by atoms with Crippen LogP contribution in [0.25, 0.3) is 0 Å². The van der Waals surface area contributed by atoms with E-state index in [0.717, 1.165) is 35.9 Å².